The summed E-state index contributed by atoms with van der Waals surface area (Å²) in [6.07, 6.45) is 6.21. The fourth-order valence-corrected chi connectivity index (χ4v) is 5.28. The quantitative estimate of drug-likeness (QED) is 0.794. The van der Waals surface area contributed by atoms with Crippen molar-refractivity contribution in [3.63, 3.8) is 0 Å². The first-order valence-corrected chi connectivity index (χ1v) is 11.6. The molecule has 4 rings (SSSR count). The van der Waals surface area contributed by atoms with Crippen molar-refractivity contribution in [1.82, 2.24) is 19.8 Å². The summed E-state index contributed by atoms with van der Waals surface area (Å²) in [5, 5.41) is 0. The van der Waals surface area contributed by atoms with Crippen molar-refractivity contribution in [3.8, 4) is 0 Å². The summed E-state index contributed by atoms with van der Waals surface area (Å²) in [4.78, 5) is 38.7. The molecule has 2 aliphatic rings. The number of aryl methyl sites for hydroxylation is 1. The summed E-state index contributed by atoms with van der Waals surface area (Å²) >= 11 is 0. The van der Waals surface area contributed by atoms with Gasteiger partial charge in [0.2, 0.25) is 11.9 Å². The minimum Gasteiger partial charge on any atom is -0.368 e. The number of nitrogens with zero attached hydrogens (tertiary/aromatic N) is 4. The maximum absolute atomic E-state index is 13.7. The summed E-state index contributed by atoms with van der Waals surface area (Å²) in [5.74, 6) is 0.673. The van der Waals surface area contributed by atoms with Crippen molar-refractivity contribution in [2.75, 3.05) is 25.4 Å². The van der Waals surface area contributed by atoms with Crippen molar-refractivity contribution in [2.24, 2.45) is 11.3 Å². The second-order valence-electron chi connectivity index (χ2n) is 9.38. The van der Waals surface area contributed by atoms with Gasteiger partial charge in [0.05, 0.1) is 11.3 Å². The van der Waals surface area contributed by atoms with Gasteiger partial charge >= 0.3 is 0 Å². The summed E-state index contributed by atoms with van der Waals surface area (Å²) < 4.78 is 0. The Morgan fingerprint density at radius 3 is 2.56 bits per heavy atom. The molecule has 0 unspecified atom stereocenters. The van der Waals surface area contributed by atoms with E-state index in [-0.39, 0.29) is 29.1 Å². The highest BCUT2D eigenvalue weighted by Crippen LogP contribution is 2.43. The molecule has 1 aromatic carbocycles. The molecule has 2 aromatic rings. The Labute approximate surface area is 190 Å². The zero-order valence-electron chi connectivity index (χ0n) is 19.1. The van der Waals surface area contributed by atoms with E-state index in [1.54, 1.807) is 6.92 Å². The molecule has 2 aliphatic heterocycles. The van der Waals surface area contributed by atoms with E-state index in [9.17, 15) is 9.59 Å². The summed E-state index contributed by atoms with van der Waals surface area (Å²) in [6, 6.07) is 10.2. The van der Waals surface area contributed by atoms with Gasteiger partial charge in [-0.1, -0.05) is 43.7 Å². The zero-order chi connectivity index (χ0) is 22.7. The number of anilines is 1. The van der Waals surface area contributed by atoms with Gasteiger partial charge in [-0.2, -0.15) is 0 Å². The number of amides is 2. The Kier molecular flexibility index (Phi) is 6.44. The second kappa shape index (κ2) is 9.27. The smallest absolute Gasteiger partial charge is 0.257 e. The van der Waals surface area contributed by atoms with Crippen LogP contribution in [0.1, 0.15) is 60.6 Å². The van der Waals surface area contributed by atoms with Crippen LogP contribution in [0.25, 0.3) is 0 Å². The molecule has 0 saturated carbocycles. The third-order valence-corrected chi connectivity index (χ3v) is 7.28. The van der Waals surface area contributed by atoms with Crippen molar-refractivity contribution in [3.05, 3.63) is 53.3 Å². The van der Waals surface area contributed by atoms with E-state index >= 15 is 0 Å². The maximum Gasteiger partial charge on any atom is 0.257 e. The number of hydrogen-bond donors (Lipinski definition) is 1. The van der Waals surface area contributed by atoms with Crippen molar-refractivity contribution < 1.29 is 9.59 Å². The van der Waals surface area contributed by atoms with Crippen molar-refractivity contribution >= 4 is 17.8 Å². The minimum absolute atomic E-state index is 0.0519. The number of carbonyl (C=O) groups is 2. The molecular weight excluding hydrogens is 402 g/mol. The molecule has 2 amide bonds. The first-order valence-electron chi connectivity index (χ1n) is 11.6. The van der Waals surface area contributed by atoms with Crippen LogP contribution in [0.2, 0.25) is 0 Å². The van der Waals surface area contributed by atoms with Crippen LogP contribution in [0, 0.1) is 18.3 Å². The van der Waals surface area contributed by atoms with E-state index < -0.39 is 0 Å². The van der Waals surface area contributed by atoms with Crippen LogP contribution in [0.5, 0.6) is 0 Å². The van der Waals surface area contributed by atoms with Gasteiger partial charge in [0.1, 0.15) is 0 Å². The molecule has 3 heterocycles. The number of carbonyl (C=O) groups excluding carboxylic acids is 2. The van der Waals surface area contributed by atoms with E-state index in [2.05, 4.69) is 33.9 Å². The SMILES string of the molecule is Cc1nc(N)ncc1C(=O)N1CCC([C@]2(C)CCCCN(Cc3ccccc3)C2=O)CC1. The lowest BCUT2D eigenvalue weighted by Crippen LogP contribution is -2.49. The first kappa shape index (κ1) is 22.2. The molecule has 7 nitrogen and oxygen atoms in total. The predicted molar refractivity (Wildman–Crippen MR) is 124 cm³/mol. The summed E-state index contributed by atoms with van der Waals surface area (Å²) in [7, 11) is 0. The van der Waals surface area contributed by atoms with Crippen LogP contribution in [0.4, 0.5) is 5.95 Å². The highest BCUT2D eigenvalue weighted by Gasteiger charge is 2.45. The van der Waals surface area contributed by atoms with Crippen molar-refractivity contribution in [2.45, 2.75) is 52.5 Å². The fraction of sp³-hybridized carbons (Fsp3) is 0.520. The molecule has 1 atom stereocenters. The van der Waals surface area contributed by atoms with Crippen molar-refractivity contribution in [1.29, 1.82) is 0 Å². The number of nitrogens with two attached hydrogens (primary N) is 1. The Morgan fingerprint density at radius 1 is 1.16 bits per heavy atom. The lowest BCUT2D eigenvalue weighted by atomic mass is 9.69. The number of nitrogen functional groups attached to an aromatic ring is 1. The molecule has 32 heavy (non-hydrogen) atoms. The Hall–Kier alpha value is -2.96. The van der Waals surface area contributed by atoms with Crippen LogP contribution >= 0.6 is 0 Å². The van der Waals surface area contributed by atoms with Gasteiger partial charge in [-0.15, -0.1) is 0 Å². The minimum atomic E-state index is -0.374. The lowest BCUT2D eigenvalue weighted by molar-refractivity contribution is -0.145. The topological polar surface area (TPSA) is 92.4 Å². The number of piperidine rings is 1. The standard InChI is InChI=1S/C25H33N5O2/c1-18-21(16-27-24(26)28-18)22(31)29-14-10-20(11-15-29)25(2)12-6-7-13-30(23(25)32)17-19-8-4-3-5-9-19/h3-5,8-9,16,20H,6-7,10-15,17H2,1-2H3,(H2,26,27,28)/t25-/m0/s1. The first-order chi connectivity index (χ1) is 15.4. The average Bonchev–Trinajstić information content (AvgIpc) is 2.94. The number of benzene rings is 1. The van der Waals surface area contributed by atoms with E-state index in [1.807, 2.05) is 23.1 Å². The highest BCUT2D eigenvalue weighted by molar-refractivity contribution is 5.95. The highest BCUT2D eigenvalue weighted by atomic mass is 16.2. The molecule has 170 valence electrons. The Bertz CT molecular complexity index is 972. The average molecular weight is 436 g/mol. The molecule has 0 aliphatic carbocycles. The van der Waals surface area contributed by atoms with Gasteiger partial charge in [-0.25, -0.2) is 9.97 Å². The van der Waals surface area contributed by atoms with Gasteiger partial charge < -0.3 is 15.5 Å². The van der Waals surface area contributed by atoms with Gasteiger partial charge in [-0.05, 0) is 44.1 Å². The van der Waals surface area contributed by atoms with Crippen LogP contribution in [0.15, 0.2) is 36.5 Å². The number of rotatable bonds is 4. The molecule has 2 N–H and O–H groups in total. The molecule has 0 spiro atoms. The van der Waals surface area contributed by atoms with Gasteiger partial charge in [-0.3, -0.25) is 9.59 Å². The second-order valence-corrected chi connectivity index (χ2v) is 9.38. The number of aromatic nitrogens is 2. The number of likely N-dealkylation sites (tertiary alicyclic amines) is 2. The van der Waals surface area contributed by atoms with Gasteiger partial charge in [0.25, 0.3) is 5.91 Å². The van der Waals surface area contributed by atoms with Crippen LogP contribution < -0.4 is 5.73 Å². The van der Waals surface area contributed by atoms with E-state index in [0.29, 0.717) is 30.9 Å². The third-order valence-electron chi connectivity index (χ3n) is 7.28. The molecule has 7 heteroatoms. The van der Waals surface area contributed by atoms with E-state index in [0.717, 1.165) is 38.6 Å². The summed E-state index contributed by atoms with van der Waals surface area (Å²) in [6.45, 7) is 6.72. The molecule has 2 fully saturated rings. The molecule has 1 aromatic heterocycles. The normalized spacial score (nSPS) is 22.6. The van der Waals surface area contributed by atoms with E-state index in [1.165, 1.54) is 11.8 Å². The van der Waals surface area contributed by atoms with Gasteiger partial charge in [0.15, 0.2) is 0 Å². The van der Waals surface area contributed by atoms with Gasteiger partial charge in [0, 0.05) is 37.8 Å². The largest absolute Gasteiger partial charge is 0.368 e. The van der Waals surface area contributed by atoms with Crippen LogP contribution in [-0.2, 0) is 11.3 Å². The maximum atomic E-state index is 13.7. The number of hydrogen-bond acceptors (Lipinski definition) is 5. The third kappa shape index (κ3) is 4.47. The molecule has 0 bridgehead atoms. The molecule has 0 radical (unpaired) electrons. The zero-order valence-corrected chi connectivity index (χ0v) is 19.1. The fourth-order valence-electron chi connectivity index (χ4n) is 5.28. The Balaban J connectivity index is 1.44. The monoisotopic (exact) mass is 435 g/mol. The molecular formula is C25H33N5O2. The summed E-state index contributed by atoms with van der Waals surface area (Å²) in [5.41, 5.74) is 7.53. The van der Waals surface area contributed by atoms with Crippen LogP contribution in [-0.4, -0.2) is 51.2 Å². The predicted octanol–water partition coefficient (Wildman–Crippen LogP) is 3.44. The lowest BCUT2D eigenvalue weighted by Gasteiger charge is -2.43. The molecule has 2 saturated heterocycles. The Morgan fingerprint density at radius 2 is 1.88 bits per heavy atom. The van der Waals surface area contributed by atoms with Crippen LogP contribution in [0.3, 0.4) is 0 Å². The van der Waals surface area contributed by atoms with E-state index in [4.69, 9.17) is 5.73 Å².